The maximum Gasteiger partial charge on any atom is -0.00195 e. The van der Waals surface area contributed by atoms with E-state index in [4.69, 9.17) is 0 Å². The lowest BCUT2D eigenvalue weighted by molar-refractivity contribution is 0.161. The van der Waals surface area contributed by atoms with Gasteiger partial charge in [0.1, 0.15) is 0 Å². The number of allylic oxidation sites excluding steroid dienone is 1. The molecule has 1 heteroatoms. The zero-order valence-corrected chi connectivity index (χ0v) is 11.6. The predicted molar refractivity (Wildman–Crippen MR) is 70.2 cm³/mol. The molecule has 1 unspecified atom stereocenters. The highest BCUT2D eigenvalue weighted by Crippen LogP contribution is 2.36. The average Bonchev–Trinajstić information content (AvgIpc) is 2.11. The van der Waals surface area contributed by atoms with E-state index in [9.17, 15) is 0 Å². The van der Waals surface area contributed by atoms with Crippen molar-refractivity contribution >= 4 is 0 Å². The van der Waals surface area contributed by atoms with Gasteiger partial charge in [0.25, 0.3) is 0 Å². The Morgan fingerprint density at radius 1 is 1.27 bits per heavy atom. The van der Waals surface area contributed by atoms with Gasteiger partial charge in [0.2, 0.25) is 0 Å². The van der Waals surface area contributed by atoms with E-state index in [-0.39, 0.29) is 0 Å². The van der Waals surface area contributed by atoms with Crippen molar-refractivity contribution in [1.82, 2.24) is 4.90 Å². The molecule has 0 aliphatic carbocycles. The Kier molecular flexibility index (Phi) is 6.19. The fourth-order valence-corrected chi connectivity index (χ4v) is 1.68. The molecule has 0 saturated carbocycles. The van der Waals surface area contributed by atoms with E-state index in [1.54, 1.807) is 0 Å². The van der Waals surface area contributed by atoms with Gasteiger partial charge in [0, 0.05) is 0 Å². The molecule has 0 heterocycles. The minimum atomic E-state index is 0.462. The number of nitrogens with zero attached hydrogens (tertiary/aromatic N) is 1. The highest BCUT2D eigenvalue weighted by atomic mass is 15.0. The average molecular weight is 211 g/mol. The van der Waals surface area contributed by atoms with E-state index in [2.05, 4.69) is 53.3 Å². The van der Waals surface area contributed by atoms with Crippen LogP contribution in [0.15, 0.2) is 12.2 Å². The SMILES string of the molecule is C=C(C)CCC(C)(CCN(C)C)C(C)C. The van der Waals surface area contributed by atoms with Crippen LogP contribution in [0.2, 0.25) is 0 Å². The summed E-state index contributed by atoms with van der Waals surface area (Å²) in [5, 5.41) is 0. The molecule has 0 fully saturated rings. The van der Waals surface area contributed by atoms with Crippen molar-refractivity contribution in [2.45, 2.75) is 47.0 Å². The van der Waals surface area contributed by atoms with Crippen LogP contribution in [0, 0.1) is 11.3 Å². The van der Waals surface area contributed by atoms with Crippen LogP contribution < -0.4 is 0 Å². The zero-order chi connectivity index (χ0) is 12.1. The van der Waals surface area contributed by atoms with Gasteiger partial charge in [-0.05, 0) is 58.2 Å². The summed E-state index contributed by atoms with van der Waals surface area (Å²) in [5.74, 6) is 0.747. The van der Waals surface area contributed by atoms with E-state index >= 15 is 0 Å². The Morgan fingerprint density at radius 2 is 1.80 bits per heavy atom. The van der Waals surface area contributed by atoms with Gasteiger partial charge in [-0.1, -0.05) is 26.3 Å². The Balaban J connectivity index is 4.25. The molecule has 0 radical (unpaired) electrons. The van der Waals surface area contributed by atoms with Crippen LogP contribution in [0.1, 0.15) is 47.0 Å². The maximum atomic E-state index is 4.00. The predicted octanol–water partition coefficient (Wildman–Crippen LogP) is 3.96. The standard InChI is InChI=1S/C14H29N/c1-12(2)8-9-14(5,13(3)4)10-11-15(6)7/h13H,1,8-11H2,2-7H3. The van der Waals surface area contributed by atoms with Gasteiger partial charge in [0.15, 0.2) is 0 Å². The molecule has 0 aliphatic rings. The van der Waals surface area contributed by atoms with Crippen molar-refractivity contribution in [2.24, 2.45) is 11.3 Å². The first-order valence-corrected chi connectivity index (χ1v) is 6.07. The van der Waals surface area contributed by atoms with E-state index < -0.39 is 0 Å². The normalized spacial score (nSPS) is 15.7. The van der Waals surface area contributed by atoms with Crippen LogP contribution >= 0.6 is 0 Å². The topological polar surface area (TPSA) is 3.24 Å². The second-order valence-electron chi connectivity index (χ2n) is 5.82. The highest BCUT2D eigenvalue weighted by molar-refractivity contribution is 4.91. The summed E-state index contributed by atoms with van der Waals surface area (Å²) in [7, 11) is 4.30. The quantitative estimate of drug-likeness (QED) is 0.576. The lowest BCUT2D eigenvalue weighted by atomic mass is 9.72. The van der Waals surface area contributed by atoms with Crippen molar-refractivity contribution in [3.8, 4) is 0 Å². The molecule has 0 spiro atoms. The van der Waals surface area contributed by atoms with Crippen LogP contribution in [0.3, 0.4) is 0 Å². The van der Waals surface area contributed by atoms with Gasteiger partial charge >= 0.3 is 0 Å². The highest BCUT2D eigenvalue weighted by Gasteiger charge is 2.27. The first kappa shape index (κ1) is 14.7. The zero-order valence-electron chi connectivity index (χ0n) is 11.6. The summed E-state index contributed by atoms with van der Waals surface area (Å²) in [4.78, 5) is 2.28. The van der Waals surface area contributed by atoms with E-state index in [0.29, 0.717) is 5.41 Å². The Morgan fingerprint density at radius 3 is 2.13 bits per heavy atom. The van der Waals surface area contributed by atoms with Crippen molar-refractivity contribution in [3.05, 3.63) is 12.2 Å². The number of rotatable bonds is 7. The molecule has 15 heavy (non-hydrogen) atoms. The summed E-state index contributed by atoms with van der Waals surface area (Å²) >= 11 is 0. The molecule has 0 saturated heterocycles. The van der Waals surface area contributed by atoms with Crippen molar-refractivity contribution in [2.75, 3.05) is 20.6 Å². The fourth-order valence-electron chi connectivity index (χ4n) is 1.68. The summed E-state index contributed by atoms with van der Waals surface area (Å²) < 4.78 is 0. The molecule has 1 nitrogen and oxygen atoms in total. The van der Waals surface area contributed by atoms with Crippen molar-refractivity contribution in [1.29, 1.82) is 0 Å². The van der Waals surface area contributed by atoms with Gasteiger partial charge in [-0.3, -0.25) is 0 Å². The smallest absolute Gasteiger partial charge is 0.00195 e. The van der Waals surface area contributed by atoms with E-state index in [0.717, 1.165) is 5.92 Å². The second kappa shape index (κ2) is 6.32. The maximum absolute atomic E-state index is 4.00. The van der Waals surface area contributed by atoms with Gasteiger partial charge in [0.05, 0.1) is 0 Å². The molecule has 0 rings (SSSR count). The molecule has 0 aromatic heterocycles. The summed E-state index contributed by atoms with van der Waals surface area (Å²) in [5.41, 5.74) is 1.77. The van der Waals surface area contributed by atoms with Crippen LogP contribution in [-0.2, 0) is 0 Å². The Labute approximate surface area is 96.6 Å². The van der Waals surface area contributed by atoms with Gasteiger partial charge in [-0.2, -0.15) is 0 Å². The largest absolute Gasteiger partial charge is 0.309 e. The third-order valence-corrected chi connectivity index (χ3v) is 3.65. The molecular formula is C14H29N. The van der Waals surface area contributed by atoms with Crippen LogP contribution in [0.25, 0.3) is 0 Å². The Hall–Kier alpha value is -0.300. The first-order chi connectivity index (χ1) is 6.78. The fraction of sp³-hybridized carbons (Fsp3) is 0.857. The molecule has 0 aromatic carbocycles. The third-order valence-electron chi connectivity index (χ3n) is 3.65. The van der Waals surface area contributed by atoms with Gasteiger partial charge in [-0.15, -0.1) is 6.58 Å². The van der Waals surface area contributed by atoms with E-state index in [1.807, 2.05) is 0 Å². The molecule has 0 amide bonds. The molecule has 1 atom stereocenters. The molecule has 0 aromatic rings. The molecule has 0 aliphatic heterocycles. The minimum absolute atomic E-state index is 0.462. The second-order valence-corrected chi connectivity index (χ2v) is 5.82. The number of hydrogen-bond acceptors (Lipinski definition) is 1. The van der Waals surface area contributed by atoms with Crippen LogP contribution in [0.5, 0.6) is 0 Å². The van der Waals surface area contributed by atoms with Crippen molar-refractivity contribution in [3.63, 3.8) is 0 Å². The summed E-state index contributed by atoms with van der Waals surface area (Å²) in [6.07, 6.45) is 3.72. The van der Waals surface area contributed by atoms with Crippen LogP contribution in [-0.4, -0.2) is 25.5 Å². The first-order valence-electron chi connectivity index (χ1n) is 6.07. The van der Waals surface area contributed by atoms with E-state index in [1.165, 1.54) is 31.4 Å². The van der Waals surface area contributed by atoms with Crippen molar-refractivity contribution < 1.29 is 0 Å². The molecule has 0 bridgehead atoms. The minimum Gasteiger partial charge on any atom is -0.309 e. The lowest BCUT2D eigenvalue weighted by Gasteiger charge is -2.35. The Bertz CT molecular complexity index is 194. The monoisotopic (exact) mass is 211 g/mol. The van der Waals surface area contributed by atoms with Gasteiger partial charge < -0.3 is 4.90 Å². The summed E-state index contributed by atoms with van der Waals surface area (Å²) in [6.45, 7) is 14.4. The molecule has 90 valence electrons. The summed E-state index contributed by atoms with van der Waals surface area (Å²) in [6, 6.07) is 0. The molecule has 0 N–H and O–H groups in total. The van der Waals surface area contributed by atoms with Gasteiger partial charge in [-0.25, -0.2) is 0 Å². The lowest BCUT2D eigenvalue weighted by Crippen LogP contribution is -2.28. The third kappa shape index (κ3) is 5.99. The van der Waals surface area contributed by atoms with Crippen LogP contribution in [0.4, 0.5) is 0 Å². The molecular weight excluding hydrogens is 182 g/mol. The number of hydrogen-bond donors (Lipinski definition) is 0.